The number of thioether (sulfide) groups is 1. The molecule has 0 bridgehead atoms. The number of carbonyl (C=O) groups is 3. The molecule has 1 saturated carbocycles. The van der Waals surface area contributed by atoms with Gasteiger partial charge in [-0.05, 0) is 12.8 Å². The molecule has 0 atom stereocenters. The molecule has 0 aromatic carbocycles. The van der Waals surface area contributed by atoms with Gasteiger partial charge >= 0.3 is 5.97 Å². The summed E-state index contributed by atoms with van der Waals surface area (Å²) >= 11 is 1.27. The smallest absolute Gasteiger partial charge is 0.331 e. The summed E-state index contributed by atoms with van der Waals surface area (Å²) in [6.07, 6.45) is 4.10. The lowest BCUT2D eigenvalue weighted by Gasteiger charge is -2.35. The van der Waals surface area contributed by atoms with E-state index in [1.165, 1.54) is 18.9 Å². The third-order valence-corrected chi connectivity index (χ3v) is 5.40. The Morgan fingerprint density at radius 2 is 1.79 bits per heavy atom. The molecule has 0 radical (unpaired) electrons. The highest BCUT2D eigenvalue weighted by atomic mass is 32.2. The Balaban J connectivity index is 1.76. The van der Waals surface area contributed by atoms with Gasteiger partial charge in [0.25, 0.3) is 0 Å². The summed E-state index contributed by atoms with van der Waals surface area (Å²) in [5, 5.41) is 2.86. The molecule has 24 heavy (non-hydrogen) atoms. The molecular formula is C16H26N2O5S. The fraction of sp³-hybridized carbons (Fsp3) is 0.812. The number of hydrogen-bond acceptors (Lipinski definition) is 6. The molecule has 1 N–H and O–H groups in total. The molecule has 2 fully saturated rings. The topological polar surface area (TPSA) is 84.9 Å². The van der Waals surface area contributed by atoms with Gasteiger partial charge in [-0.25, -0.2) is 4.79 Å². The Labute approximate surface area is 146 Å². The lowest BCUT2D eigenvalue weighted by molar-refractivity contribution is -0.152. The van der Waals surface area contributed by atoms with Gasteiger partial charge in [-0.1, -0.05) is 19.3 Å². The number of methoxy groups -OCH3 is 1. The summed E-state index contributed by atoms with van der Waals surface area (Å²) in [6, 6.07) is 0. The van der Waals surface area contributed by atoms with Gasteiger partial charge < -0.3 is 19.7 Å². The van der Waals surface area contributed by atoms with Gasteiger partial charge in [-0.2, -0.15) is 0 Å². The first-order valence-corrected chi connectivity index (χ1v) is 9.55. The molecule has 0 unspecified atom stereocenters. The van der Waals surface area contributed by atoms with Crippen LogP contribution in [0.5, 0.6) is 0 Å². The summed E-state index contributed by atoms with van der Waals surface area (Å²) in [7, 11) is 1.35. The second-order valence-electron chi connectivity index (χ2n) is 6.17. The molecule has 1 saturated heterocycles. The standard InChI is InChI=1S/C16H26N2O5S/c1-22-15(21)16(5-3-2-4-6-16)17-13(19)11-24-12-14(20)18-7-9-23-10-8-18/h2-12H2,1H3,(H,17,19). The number of rotatable bonds is 6. The maximum absolute atomic E-state index is 12.2. The van der Waals surface area contributed by atoms with Crippen molar-refractivity contribution < 1.29 is 23.9 Å². The lowest BCUT2D eigenvalue weighted by atomic mass is 9.81. The van der Waals surface area contributed by atoms with Gasteiger partial charge in [0.15, 0.2) is 0 Å². The minimum atomic E-state index is -0.890. The van der Waals surface area contributed by atoms with Crippen LogP contribution in [0.1, 0.15) is 32.1 Å². The monoisotopic (exact) mass is 358 g/mol. The van der Waals surface area contributed by atoms with E-state index in [-0.39, 0.29) is 29.3 Å². The number of hydrogen-bond donors (Lipinski definition) is 1. The molecule has 0 spiro atoms. The Kier molecular flexibility index (Phi) is 7.36. The summed E-state index contributed by atoms with van der Waals surface area (Å²) < 4.78 is 10.1. The molecule has 2 amide bonds. The average molecular weight is 358 g/mol. The second kappa shape index (κ2) is 9.27. The zero-order valence-electron chi connectivity index (χ0n) is 14.2. The van der Waals surface area contributed by atoms with Crippen molar-refractivity contribution in [1.82, 2.24) is 10.2 Å². The number of ether oxygens (including phenoxy) is 2. The van der Waals surface area contributed by atoms with Crippen LogP contribution >= 0.6 is 11.8 Å². The van der Waals surface area contributed by atoms with E-state index < -0.39 is 5.54 Å². The molecule has 1 heterocycles. The van der Waals surface area contributed by atoms with Crippen molar-refractivity contribution in [3.63, 3.8) is 0 Å². The van der Waals surface area contributed by atoms with Crippen molar-refractivity contribution in [2.24, 2.45) is 0 Å². The van der Waals surface area contributed by atoms with Crippen LogP contribution in [0, 0.1) is 0 Å². The SMILES string of the molecule is COC(=O)C1(NC(=O)CSCC(=O)N2CCOCC2)CCCCC1. The van der Waals surface area contributed by atoms with Crippen LogP contribution in [-0.4, -0.2) is 73.1 Å². The highest BCUT2D eigenvalue weighted by Gasteiger charge is 2.41. The summed E-state index contributed by atoms with van der Waals surface area (Å²) in [5.41, 5.74) is -0.890. The maximum atomic E-state index is 12.2. The van der Waals surface area contributed by atoms with E-state index in [1.807, 2.05) is 0 Å². The number of amides is 2. The lowest BCUT2D eigenvalue weighted by Crippen LogP contribution is -2.56. The molecule has 1 aliphatic carbocycles. The zero-order valence-corrected chi connectivity index (χ0v) is 15.0. The van der Waals surface area contributed by atoms with Gasteiger partial charge in [-0.15, -0.1) is 11.8 Å². The molecule has 2 rings (SSSR count). The molecular weight excluding hydrogens is 332 g/mol. The number of morpholine rings is 1. The Hall–Kier alpha value is -1.28. The van der Waals surface area contributed by atoms with Gasteiger partial charge in [0, 0.05) is 13.1 Å². The van der Waals surface area contributed by atoms with Gasteiger partial charge in [0.2, 0.25) is 11.8 Å². The van der Waals surface area contributed by atoms with E-state index in [0.29, 0.717) is 39.1 Å². The van der Waals surface area contributed by atoms with E-state index in [2.05, 4.69) is 5.32 Å². The highest BCUT2D eigenvalue weighted by molar-refractivity contribution is 8.00. The van der Waals surface area contributed by atoms with Gasteiger partial charge in [0.05, 0.1) is 31.8 Å². The number of nitrogens with zero attached hydrogens (tertiary/aromatic N) is 1. The molecule has 2 aliphatic rings. The predicted molar refractivity (Wildman–Crippen MR) is 90.7 cm³/mol. The highest BCUT2D eigenvalue weighted by Crippen LogP contribution is 2.29. The largest absolute Gasteiger partial charge is 0.467 e. The molecule has 1 aliphatic heterocycles. The van der Waals surface area contributed by atoms with Crippen LogP contribution in [-0.2, 0) is 23.9 Å². The number of nitrogens with one attached hydrogen (secondary N) is 1. The minimum absolute atomic E-state index is 0.0245. The van der Waals surface area contributed by atoms with E-state index in [1.54, 1.807) is 4.90 Å². The van der Waals surface area contributed by atoms with E-state index in [0.717, 1.165) is 19.3 Å². The van der Waals surface area contributed by atoms with Crippen molar-refractivity contribution in [2.75, 3.05) is 44.9 Å². The number of esters is 1. The molecule has 8 heteroatoms. The number of carbonyl (C=O) groups excluding carboxylic acids is 3. The van der Waals surface area contributed by atoms with Crippen molar-refractivity contribution in [3.05, 3.63) is 0 Å². The normalized spacial score (nSPS) is 20.3. The summed E-state index contributed by atoms with van der Waals surface area (Å²) in [5.74, 6) is -0.142. The van der Waals surface area contributed by atoms with E-state index in [4.69, 9.17) is 9.47 Å². The first-order chi connectivity index (χ1) is 11.6. The van der Waals surface area contributed by atoms with Gasteiger partial charge in [-0.3, -0.25) is 9.59 Å². The summed E-state index contributed by atoms with van der Waals surface area (Å²) in [6.45, 7) is 2.35. The van der Waals surface area contributed by atoms with Crippen molar-refractivity contribution in [3.8, 4) is 0 Å². The molecule has 0 aromatic heterocycles. The first-order valence-electron chi connectivity index (χ1n) is 8.40. The predicted octanol–water partition coefficient (Wildman–Crippen LogP) is 0.570. The summed E-state index contributed by atoms with van der Waals surface area (Å²) in [4.78, 5) is 38.1. The van der Waals surface area contributed by atoms with Crippen LogP contribution in [0.15, 0.2) is 0 Å². The van der Waals surface area contributed by atoms with Crippen LogP contribution in [0.2, 0.25) is 0 Å². The third-order valence-electron chi connectivity index (χ3n) is 4.48. The fourth-order valence-corrected chi connectivity index (χ4v) is 3.89. The molecule has 7 nitrogen and oxygen atoms in total. The average Bonchev–Trinajstić information content (AvgIpc) is 2.62. The Bertz CT molecular complexity index is 459. The van der Waals surface area contributed by atoms with Crippen LogP contribution < -0.4 is 5.32 Å². The molecule has 0 aromatic rings. The van der Waals surface area contributed by atoms with Crippen LogP contribution in [0.3, 0.4) is 0 Å². The van der Waals surface area contributed by atoms with Gasteiger partial charge in [0.1, 0.15) is 5.54 Å². The van der Waals surface area contributed by atoms with Crippen LogP contribution in [0.25, 0.3) is 0 Å². The second-order valence-corrected chi connectivity index (χ2v) is 7.15. The zero-order chi connectivity index (χ0) is 17.4. The van der Waals surface area contributed by atoms with Crippen LogP contribution in [0.4, 0.5) is 0 Å². The fourth-order valence-electron chi connectivity index (χ4n) is 3.17. The molecule has 136 valence electrons. The van der Waals surface area contributed by atoms with Crippen molar-refractivity contribution in [2.45, 2.75) is 37.6 Å². The first kappa shape index (κ1) is 19.1. The van der Waals surface area contributed by atoms with E-state index >= 15 is 0 Å². The van der Waals surface area contributed by atoms with Crippen molar-refractivity contribution >= 4 is 29.5 Å². The minimum Gasteiger partial charge on any atom is -0.467 e. The van der Waals surface area contributed by atoms with Crippen molar-refractivity contribution in [1.29, 1.82) is 0 Å². The quantitative estimate of drug-likeness (QED) is 0.699. The third kappa shape index (κ3) is 5.11. The maximum Gasteiger partial charge on any atom is 0.331 e. The van der Waals surface area contributed by atoms with E-state index in [9.17, 15) is 14.4 Å². The Morgan fingerprint density at radius 3 is 2.42 bits per heavy atom. The Morgan fingerprint density at radius 1 is 1.12 bits per heavy atom.